The van der Waals surface area contributed by atoms with E-state index in [0.717, 1.165) is 28.6 Å². The van der Waals surface area contributed by atoms with Gasteiger partial charge in [0.25, 0.3) is 11.8 Å². The fraction of sp³-hybridized carbons (Fsp3) is 0.312. The summed E-state index contributed by atoms with van der Waals surface area (Å²) in [5.41, 5.74) is 7.06. The van der Waals surface area contributed by atoms with Gasteiger partial charge in [-0.2, -0.15) is 0 Å². The number of nitrogens with one attached hydrogen (secondary N) is 1. The number of benzene rings is 1. The minimum Gasteiger partial charge on any atom is -0.477 e. The number of oxime groups is 1. The second-order valence-corrected chi connectivity index (χ2v) is 12.3. The van der Waals surface area contributed by atoms with Gasteiger partial charge < -0.3 is 35.0 Å². The first-order valence-corrected chi connectivity index (χ1v) is 16.0. The Labute approximate surface area is 285 Å². The zero-order valence-electron chi connectivity index (χ0n) is 26.4. The summed E-state index contributed by atoms with van der Waals surface area (Å²) in [6.45, 7) is 0.685. The molecule has 2 aliphatic heterocycles. The number of furan rings is 1. The van der Waals surface area contributed by atoms with Gasteiger partial charge in [-0.05, 0) is 69.0 Å². The fourth-order valence-corrected chi connectivity index (χ4v) is 6.47. The molecule has 0 aliphatic carbocycles. The van der Waals surface area contributed by atoms with Crippen LogP contribution in [0.3, 0.4) is 0 Å². The first-order valence-electron chi connectivity index (χ1n) is 14.6. The standard InChI is InChI=1S/C16H19ClN2.C16H16N4O8S/c1-19(2)12-10-15(16-5-3-4-11-18-16)13-6-8-14(17)9-7-13;1-26-19-9(8-3-2-4-27-8)12(21)18-10-13(22)20-11(15(23)24)7(5-28-16(17)25)6-29-14(10)20/h3-9,11,15H,10,12H2,1-2H3;2-4,10,14H,5-6H2,1H3,(H2,17,25)(H,18,21)(H,23,24)/b;19-9-/t;10-,14-/m.1/s1. The largest absolute Gasteiger partial charge is 0.477 e. The lowest BCUT2D eigenvalue weighted by atomic mass is 9.92. The highest BCUT2D eigenvalue weighted by atomic mass is 35.5. The summed E-state index contributed by atoms with van der Waals surface area (Å²) < 4.78 is 9.79. The number of fused-ring (bicyclic) bond motifs is 1. The highest BCUT2D eigenvalue weighted by Crippen LogP contribution is 2.40. The molecule has 5 rings (SSSR count). The van der Waals surface area contributed by atoms with Gasteiger partial charge in [0.1, 0.15) is 30.8 Å². The van der Waals surface area contributed by atoms with Crippen molar-refractivity contribution >= 4 is 53.0 Å². The lowest BCUT2D eigenvalue weighted by Crippen LogP contribution is -2.71. The van der Waals surface area contributed by atoms with E-state index in [1.807, 2.05) is 30.5 Å². The molecule has 4 N–H and O–H groups in total. The minimum absolute atomic E-state index is 0.140. The monoisotopic (exact) mass is 698 g/mol. The highest BCUT2D eigenvalue weighted by molar-refractivity contribution is 8.00. The number of ether oxygens (including phenoxy) is 1. The SMILES string of the molecule is CN(C)CCC(c1ccc(Cl)cc1)c1ccccn1.CO/N=C(\C(=O)N[C@@H]1C(=O)N2C(C(=O)O)=C(COC(N)=O)CS[C@H]12)c1ccco1. The molecule has 0 saturated carbocycles. The number of pyridine rings is 1. The van der Waals surface area contributed by atoms with Crippen molar-refractivity contribution in [2.75, 3.05) is 40.1 Å². The van der Waals surface area contributed by atoms with Gasteiger partial charge in [0, 0.05) is 34.2 Å². The first-order chi connectivity index (χ1) is 23.0. The van der Waals surface area contributed by atoms with Crippen molar-refractivity contribution < 1.29 is 38.3 Å². The first kappa shape index (κ1) is 36.0. The average Bonchev–Trinajstić information content (AvgIpc) is 3.60. The van der Waals surface area contributed by atoms with E-state index in [4.69, 9.17) is 21.8 Å². The molecule has 2 aromatic heterocycles. The maximum Gasteiger partial charge on any atom is 0.404 e. The Morgan fingerprint density at radius 2 is 1.96 bits per heavy atom. The quantitative estimate of drug-likeness (QED) is 0.143. The van der Waals surface area contributed by atoms with Crippen molar-refractivity contribution in [1.29, 1.82) is 0 Å². The molecule has 4 heterocycles. The number of amides is 3. The number of hydrogen-bond acceptors (Lipinski definition) is 11. The van der Waals surface area contributed by atoms with Crippen LogP contribution in [0.1, 0.15) is 29.4 Å². The molecule has 2 aliphatic rings. The Balaban J connectivity index is 0.000000237. The molecule has 3 aromatic rings. The third-order valence-corrected chi connectivity index (χ3v) is 8.85. The van der Waals surface area contributed by atoms with E-state index in [1.54, 1.807) is 6.07 Å². The Kier molecular flexibility index (Phi) is 12.6. The van der Waals surface area contributed by atoms with Gasteiger partial charge in [-0.3, -0.25) is 19.5 Å². The molecule has 1 aromatic carbocycles. The molecule has 0 radical (unpaired) electrons. The second-order valence-electron chi connectivity index (χ2n) is 10.8. The van der Waals surface area contributed by atoms with E-state index in [2.05, 4.69) is 62.2 Å². The number of thioether (sulfide) groups is 1. The number of nitrogens with zero attached hydrogens (tertiary/aromatic N) is 4. The Bertz CT molecular complexity index is 1650. The fourth-order valence-electron chi connectivity index (χ4n) is 5.01. The molecule has 254 valence electrons. The number of carboxylic acids is 1. The van der Waals surface area contributed by atoms with E-state index in [9.17, 15) is 24.3 Å². The van der Waals surface area contributed by atoms with Crippen molar-refractivity contribution in [3.05, 3.63) is 100 Å². The molecule has 0 spiro atoms. The topological polar surface area (TPSA) is 190 Å². The van der Waals surface area contributed by atoms with Crippen LogP contribution in [-0.4, -0.2) is 101 Å². The predicted octanol–water partition coefficient (Wildman–Crippen LogP) is 3.28. The second kappa shape index (κ2) is 16.8. The van der Waals surface area contributed by atoms with Crippen molar-refractivity contribution in [1.82, 2.24) is 20.1 Å². The minimum atomic E-state index is -1.35. The van der Waals surface area contributed by atoms with Crippen LogP contribution in [0.5, 0.6) is 0 Å². The predicted molar refractivity (Wildman–Crippen MR) is 178 cm³/mol. The maximum absolute atomic E-state index is 12.6. The van der Waals surface area contributed by atoms with Crippen molar-refractivity contribution in [3.63, 3.8) is 0 Å². The van der Waals surface area contributed by atoms with E-state index in [1.165, 1.54) is 36.8 Å². The van der Waals surface area contributed by atoms with Crippen LogP contribution in [0.15, 0.2) is 87.9 Å². The number of halogens is 1. The van der Waals surface area contributed by atoms with Crippen molar-refractivity contribution in [2.45, 2.75) is 23.8 Å². The average molecular weight is 699 g/mol. The molecule has 48 heavy (non-hydrogen) atoms. The molecular weight excluding hydrogens is 664 g/mol. The van der Waals surface area contributed by atoms with Gasteiger partial charge in [0.2, 0.25) is 5.71 Å². The maximum atomic E-state index is 12.6. The number of rotatable bonds is 12. The smallest absolute Gasteiger partial charge is 0.404 e. The Morgan fingerprint density at radius 1 is 1.21 bits per heavy atom. The Hall–Kier alpha value is -4.86. The molecule has 1 saturated heterocycles. The van der Waals surface area contributed by atoms with Crippen LogP contribution < -0.4 is 11.1 Å². The normalized spacial score (nSPS) is 17.8. The van der Waals surface area contributed by atoms with Crippen LogP contribution >= 0.6 is 23.4 Å². The molecule has 1 fully saturated rings. The lowest BCUT2D eigenvalue weighted by molar-refractivity contribution is -0.150. The van der Waals surface area contributed by atoms with Gasteiger partial charge in [-0.25, -0.2) is 9.59 Å². The van der Waals surface area contributed by atoms with Gasteiger partial charge in [-0.1, -0.05) is 35.0 Å². The number of aliphatic carboxylic acids is 1. The van der Waals surface area contributed by atoms with Gasteiger partial charge in [0.15, 0.2) is 5.76 Å². The summed E-state index contributed by atoms with van der Waals surface area (Å²) in [7, 11) is 5.44. The number of nitrogens with two attached hydrogens (primary N) is 1. The zero-order chi connectivity index (χ0) is 34.8. The van der Waals surface area contributed by atoms with E-state index >= 15 is 0 Å². The third kappa shape index (κ3) is 8.93. The van der Waals surface area contributed by atoms with Crippen LogP contribution in [0.4, 0.5) is 4.79 Å². The van der Waals surface area contributed by atoms with Crippen LogP contribution in [-0.2, 0) is 24.0 Å². The Morgan fingerprint density at radius 3 is 2.54 bits per heavy atom. The summed E-state index contributed by atoms with van der Waals surface area (Å²) in [6, 6.07) is 16.3. The summed E-state index contributed by atoms with van der Waals surface area (Å²) >= 11 is 7.18. The molecule has 16 heteroatoms. The van der Waals surface area contributed by atoms with Crippen molar-refractivity contribution in [3.8, 4) is 0 Å². The zero-order valence-corrected chi connectivity index (χ0v) is 27.9. The molecule has 3 amide bonds. The number of carbonyl (C=O) groups excluding carboxylic acids is 3. The van der Waals surface area contributed by atoms with Crippen molar-refractivity contribution in [2.24, 2.45) is 10.9 Å². The van der Waals surface area contributed by atoms with E-state index in [0.29, 0.717) is 5.92 Å². The number of carboxylic acid groups (broad SMARTS) is 1. The van der Waals surface area contributed by atoms with E-state index < -0.39 is 35.3 Å². The van der Waals surface area contributed by atoms with Gasteiger partial charge >= 0.3 is 12.1 Å². The number of carbonyl (C=O) groups is 4. The summed E-state index contributed by atoms with van der Waals surface area (Å²) in [5.74, 6) is -2.06. The summed E-state index contributed by atoms with van der Waals surface area (Å²) in [5, 5.41) is 15.8. The summed E-state index contributed by atoms with van der Waals surface area (Å²) in [6.07, 6.45) is 3.19. The third-order valence-electron chi connectivity index (χ3n) is 7.26. The summed E-state index contributed by atoms with van der Waals surface area (Å²) in [4.78, 5) is 60.0. The molecule has 14 nitrogen and oxygen atoms in total. The van der Waals surface area contributed by atoms with Crippen LogP contribution in [0, 0.1) is 0 Å². The van der Waals surface area contributed by atoms with Gasteiger partial charge in [0.05, 0.1) is 6.26 Å². The molecule has 0 bridgehead atoms. The number of aromatic nitrogens is 1. The van der Waals surface area contributed by atoms with Crippen LogP contribution in [0.25, 0.3) is 0 Å². The highest BCUT2D eigenvalue weighted by Gasteiger charge is 2.54. The lowest BCUT2D eigenvalue weighted by Gasteiger charge is -2.49. The molecular formula is C32H35ClN6O8S. The van der Waals surface area contributed by atoms with Gasteiger partial charge in [-0.15, -0.1) is 11.8 Å². The molecule has 3 atom stereocenters. The van der Waals surface area contributed by atoms with E-state index in [-0.39, 0.29) is 35.1 Å². The molecule has 1 unspecified atom stereocenters. The number of primary amides is 1. The van der Waals surface area contributed by atoms with Crippen LogP contribution in [0.2, 0.25) is 5.02 Å². The number of hydrogen-bond donors (Lipinski definition) is 3. The number of β-lactam (4-membered cyclic amide) rings is 1.